The van der Waals surface area contributed by atoms with Gasteiger partial charge in [0.2, 0.25) is 5.91 Å². The summed E-state index contributed by atoms with van der Waals surface area (Å²) in [6, 6.07) is 2.24. The van der Waals surface area contributed by atoms with Crippen LogP contribution < -0.4 is 5.32 Å². The summed E-state index contributed by atoms with van der Waals surface area (Å²) in [4.78, 5) is 21.8. The number of rotatable bonds is 6. The van der Waals surface area contributed by atoms with Gasteiger partial charge in [-0.15, -0.1) is 11.3 Å². The zero-order valence-corrected chi connectivity index (χ0v) is 21.1. The van der Waals surface area contributed by atoms with Gasteiger partial charge in [-0.2, -0.15) is 18.4 Å². The standard InChI is InChI=1S/C24H27F3N4OS2/c1-4-23(2,3)13-8-9-14-16(11-28)21(34-18(14)10-13)30-19(32)12-33-22-29-17-7-5-6-15(17)20(31-22)24(25,26)27/h13H,4-10,12H2,1-3H3,(H,30,32)/t13-/m1/s1. The molecule has 2 aliphatic carbocycles. The molecule has 2 aliphatic rings. The number of alkyl halides is 3. The molecule has 2 heterocycles. The van der Waals surface area contributed by atoms with E-state index in [4.69, 9.17) is 0 Å². The minimum Gasteiger partial charge on any atom is -0.316 e. The summed E-state index contributed by atoms with van der Waals surface area (Å²) in [5.74, 6) is 0.00642. The van der Waals surface area contributed by atoms with Crippen LogP contribution in [0.5, 0.6) is 0 Å². The van der Waals surface area contributed by atoms with Crippen molar-refractivity contribution in [1.82, 2.24) is 9.97 Å². The van der Waals surface area contributed by atoms with E-state index in [9.17, 15) is 23.2 Å². The summed E-state index contributed by atoms with van der Waals surface area (Å²) in [6.45, 7) is 6.73. The van der Waals surface area contributed by atoms with E-state index in [-0.39, 0.29) is 27.8 Å². The largest absolute Gasteiger partial charge is 0.433 e. The molecular formula is C24H27F3N4OS2. The van der Waals surface area contributed by atoms with Gasteiger partial charge in [-0.05, 0) is 55.4 Å². The Hall–Kier alpha value is -2.12. The van der Waals surface area contributed by atoms with Crippen molar-refractivity contribution < 1.29 is 18.0 Å². The number of hydrogen-bond acceptors (Lipinski definition) is 6. The van der Waals surface area contributed by atoms with Gasteiger partial charge in [0.1, 0.15) is 11.1 Å². The van der Waals surface area contributed by atoms with E-state index < -0.39 is 11.9 Å². The third-order valence-corrected chi connectivity index (χ3v) is 9.18. The average Bonchev–Trinajstić information content (AvgIpc) is 3.39. The first-order valence-corrected chi connectivity index (χ1v) is 13.3. The van der Waals surface area contributed by atoms with Crippen molar-refractivity contribution in [3.63, 3.8) is 0 Å². The molecule has 1 N–H and O–H groups in total. The lowest BCUT2D eigenvalue weighted by Crippen LogP contribution is -2.28. The van der Waals surface area contributed by atoms with Crippen LogP contribution in [0.1, 0.15) is 73.0 Å². The molecule has 0 fully saturated rings. The topological polar surface area (TPSA) is 78.7 Å². The van der Waals surface area contributed by atoms with Gasteiger partial charge in [0.25, 0.3) is 0 Å². The van der Waals surface area contributed by atoms with Crippen LogP contribution in [-0.2, 0) is 36.7 Å². The second-order valence-corrected chi connectivity index (χ2v) is 11.6. The summed E-state index contributed by atoms with van der Waals surface area (Å²) >= 11 is 2.33. The van der Waals surface area contributed by atoms with Crippen molar-refractivity contribution in [2.45, 2.75) is 77.0 Å². The number of carbonyl (C=O) groups excluding carboxylic acids is 1. The second kappa shape index (κ2) is 9.50. The molecule has 0 bridgehead atoms. The van der Waals surface area contributed by atoms with Gasteiger partial charge >= 0.3 is 6.18 Å². The summed E-state index contributed by atoms with van der Waals surface area (Å²) in [5, 5.41) is 13.0. The maximum absolute atomic E-state index is 13.4. The molecule has 1 amide bonds. The smallest absolute Gasteiger partial charge is 0.316 e. The molecule has 0 aromatic carbocycles. The molecular weight excluding hydrogens is 481 g/mol. The van der Waals surface area contributed by atoms with Crippen LogP contribution in [0, 0.1) is 22.7 Å². The Morgan fingerprint density at radius 2 is 2.00 bits per heavy atom. The zero-order valence-electron chi connectivity index (χ0n) is 19.4. The molecule has 5 nitrogen and oxygen atoms in total. The number of aryl methyl sites for hydroxylation is 1. The number of fused-ring (bicyclic) bond motifs is 2. The Labute approximate surface area is 205 Å². The van der Waals surface area contributed by atoms with Crippen LogP contribution in [0.4, 0.5) is 18.2 Å². The maximum atomic E-state index is 13.4. The quantitative estimate of drug-likeness (QED) is 0.372. The number of halogens is 3. The number of thioether (sulfide) groups is 1. The van der Waals surface area contributed by atoms with Crippen molar-refractivity contribution in [2.75, 3.05) is 11.1 Å². The van der Waals surface area contributed by atoms with Gasteiger partial charge in [-0.1, -0.05) is 39.0 Å². The number of hydrogen-bond donors (Lipinski definition) is 1. The number of nitrogens with zero attached hydrogens (tertiary/aromatic N) is 3. The van der Waals surface area contributed by atoms with Crippen molar-refractivity contribution in [3.8, 4) is 6.07 Å². The maximum Gasteiger partial charge on any atom is 0.433 e. The van der Waals surface area contributed by atoms with Crippen LogP contribution in [0.3, 0.4) is 0 Å². The Bertz CT molecular complexity index is 1150. The fourth-order valence-corrected chi connectivity index (χ4v) is 6.71. The highest BCUT2D eigenvalue weighted by atomic mass is 32.2. The lowest BCUT2D eigenvalue weighted by Gasteiger charge is -2.36. The van der Waals surface area contributed by atoms with E-state index in [1.54, 1.807) is 0 Å². The summed E-state index contributed by atoms with van der Waals surface area (Å²) < 4.78 is 40.3. The number of thiophene rings is 1. The van der Waals surface area contributed by atoms with E-state index in [2.05, 4.69) is 42.1 Å². The SMILES string of the molecule is CCC(C)(C)[C@@H]1CCc2c(sc(NC(=O)CSc3nc4c(c(C(F)(F)F)n3)CCC4)c2C#N)C1. The molecule has 10 heteroatoms. The molecule has 2 aromatic heterocycles. The van der Waals surface area contributed by atoms with E-state index in [0.29, 0.717) is 41.4 Å². The molecule has 0 aliphatic heterocycles. The Kier molecular flexibility index (Phi) is 6.98. The third kappa shape index (κ3) is 4.96. The summed E-state index contributed by atoms with van der Waals surface area (Å²) in [6.07, 6.45) is 0.689. The van der Waals surface area contributed by atoms with Crippen molar-refractivity contribution in [3.05, 3.63) is 33.0 Å². The molecule has 2 aromatic rings. The van der Waals surface area contributed by atoms with Gasteiger partial charge < -0.3 is 5.32 Å². The molecule has 0 radical (unpaired) electrons. The first-order valence-electron chi connectivity index (χ1n) is 11.5. The summed E-state index contributed by atoms with van der Waals surface area (Å²) in [7, 11) is 0. The van der Waals surface area contributed by atoms with Crippen LogP contribution in [0.15, 0.2) is 5.16 Å². The summed E-state index contributed by atoms with van der Waals surface area (Å²) in [5.41, 5.74) is 1.45. The van der Waals surface area contributed by atoms with Gasteiger partial charge in [-0.25, -0.2) is 9.97 Å². The van der Waals surface area contributed by atoms with E-state index in [0.717, 1.165) is 47.9 Å². The molecule has 1 atom stereocenters. The lowest BCUT2D eigenvalue weighted by molar-refractivity contribution is -0.142. The molecule has 0 spiro atoms. The highest BCUT2D eigenvalue weighted by Gasteiger charge is 2.38. The van der Waals surface area contributed by atoms with E-state index >= 15 is 0 Å². The van der Waals surface area contributed by atoms with Crippen LogP contribution >= 0.6 is 23.1 Å². The van der Waals surface area contributed by atoms with Crippen molar-refractivity contribution in [1.29, 1.82) is 5.26 Å². The minimum atomic E-state index is -4.54. The number of amides is 1. The number of nitrogens with one attached hydrogen (secondary N) is 1. The monoisotopic (exact) mass is 508 g/mol. The Balaban J connectivity index is 1.46. The first-order chi connectivity index (χ1) is 16.0. The van der Waals surface area contributed by atoms with E-state index in [1.165, 1.54) is 11.3 Å². The molecule has 182 valence electrons. The zero-order chi connectivity index (χ0) is 24.7. The normalized spacial score (nSPS) is 17.7. The fourth-order valence-electron chi connectivity index (χ4n) is 4.75. The highest BCUT2D eigenvalue weighted by Crippen LogP contribution is 2.45. The van der Waals surface area contributed by atoms with Gasteiger partial charge in [0.15, 0.2) is 10.9 Å². The molecule has 0 saturated carbocycles. The second-order valence-electron chi connectivity index (χ2n) is 9.57. The number of nitriles is 1. The average molecular weight is 509 g/mol. The minimum absolute atomic E-state index is 0.0428. The fraction of sp³-hybridized carbons (Fsp3) is 0.583. The molecule has 4 rings (SSSR count). The number of anilines is 1. The Morgan fingerprint density at radius 1 is 1.24 bits per heavy atom. The molecule has 0 saturated heterocycles. The molecule has 0 unspecified atom stereocenters. The van der Waals surface area contributed by atoms with Gasteiger partial charge in [-0.3, -0.25) is 4.79 Å². The number of carbonyl (C=O) groups is 1. The highest BCUT2D eigenvalue weighted by molar-refractivity contribution is 7.99. The predicted molar refractivity (Wildman–Crippen MR) is 127 cm³/mol. The van der Waals surface area contributed by atoms with Crippen molar-refractivity contribution >= 4 is 34.0 Å². The Morgan fingerprint density at radius 3 is 2.68 bits per heavy atom. The van der Waals surface area contributed by atoms with Crippen LogP contribution in [0.25, 0.3) is 0 Å². The van der Waals surface area contributed by atoms with Crippen LogP contribution in [0.2, 0.25) is 0 Å². The number of aromatic nitrogens is 2. The van der Waals surface area contributed by atoms with Gasteiger partial charge in [0, 0.05) is 16.1 Å². The lowest BCUT2D eigenvalue weighted by atomic mass is 9.69. The van der Waals surface area contributed by atoms with Crippen LogP contribution in [-0.4, -0.2) is 21.6 Å². The predicted octanol–water partition coefficient (Wildman–Crippen LogP) is 6.19. The molecule has 34 heavy (non-hydrogen) atoms. The van der Waals surface area contributed by atoms with E-state index in [1.807, 2.05) is 0 Å². The van der Waals surface area contributed by atoms with Crippen molar-refractivity contribution in [2.24, 2.45) is 11.3 Å². The third-order valence-electron chi connectivity index (χ3n) is 7.16. The van der Waals surface area contributed by atoms with Gasteiger partial charge in [0.05, 0.1) is 11.3 Å². The first kappa shape index (κ1) is 25.0.